The quantitative estimate of drug-likeness (QED) is 0.386. The number of hydrogen-bond acceptors (Lipinski definition) is 4. The van der Waals surface area contributed by atoms with Gasteiger partial charge in [0.05, 0.1) is 16.5 Å². The van der Waals surface area contributed by atoms with E-state index >= 15 is 0 Å². The van der Waals surface area contributed by atoms with E-state index in [1.807, 2.05) is 0 Å². The molecule has 0 aliphatic heterocycles. The number of rotatable bonds is 4. The highest BCUT2D eigenvalue weighted by Crippen LogP contribution is 2.60. The second-order valence-electron chi connectivity index (χ2n) is 8.51. The largest absolute Gasteiger partial charge is 0.478 e. The van der Waals surface area contributed by atoms with Crippen molar-refractivity contribution in [2.24, 2.45) is 0 Å². The number of carboxylic acid groups (broad SMARTS) is 1. The Labute approximate surface area is 195 Å². The van der Waals surface area contributed by atoms with Crippen molar-refractivity contribution in [1.82, 2.24) is 14.8 Å². The molecule has 6 nitrogen and oxygen atoms in total. The van der Waals surface area contributed by atoms with Crippen LogP contribution in [-0.2, 0) is 5.41 Å². The number of aryl methyl sites for hydroxylation is 1. The minimum Gasteiger partial charge on any atom is -0.478 e. The Morgan fingerprint density at radius 3 is 2.46 bits per heavy atom. The molecule has 1 fully saturated rings. The van der Waals surface area contributed by atoms with Gasteiger partial charge in [-0.2, -0.15) is 23.0 Å². The Balaban J connectivity index is 1.70. The van der Waals surface area contributed by atoms with Crippen LogP contribution >= 0.6 is 0 Å². The molecule has 1 aliphatic carbocycles. The van der Waals surface area contributed by atoms with Crippen molar-refractivity contribution < 1.29 is 32.3 Å². The lowest BCUT2D eigenvalue weighted by Gasteiger charge is -2.23. The van der Waals surface area contributed by atoms with E-state index in [0.717, 1.165) is 10.7 Å². The second kappa shape index (κ2) is 7.72. The number of halogens is 4. The number of pyridine rings is 1. The molecule has 2 heterocycles. The van der Waals surface area contributed by atoms with Crippen LogP contribution in [-0.4, -0.2) is 37.9 Å². The molecule has 0 saturated heterocycles. The number of nitrogens with zero attached hydrogens (tertiary/aromatic N) is 3. The van der Waals surface area contributed by atoms with Crippen LogP contribution in [0.3, 0.4) is 0 Å². The van der Waals surface area contributed by atoms with Crippen LogP contribution in [0.1, 0.15) is 44.7 Å². The lowest BCUT2D eigenvalue weighted by Crippen LogP contribution is -2.31. The Morgan fingerprint density at radius 2 is 1.83 bits per heavy atom. The fourth-order valence-corrected chi connectivity index (χ4v) is 4.41. The summed E-state index contributed by atoms with van der Waals surface area (Å²) in [7, 11) is 0. The van der Waals surface area contributed by atoms with Crippen molar-refractivity contribution in [2.75, 3.05) is 0 Å². The first-order chi connectivity index (χ1) is 16.5. The monoisotopic (exact) mass is 483 g/mol. The minimum absolute atomic E-state index is 0.0320. The van der Waals surface area contributed by atoms with E-state index in [-0.39, 0.29) is 51.8 Å². The highest BCUT2D eigenvalue weighted by molar-refractivity contribution is 6.05. The van der Waals surface area contributed by atoms with E-state index in [4.69, 9.17) is 5.11 Å². The van der Waals surface area contributed by atoms with Gasteiger partial charge in [-0.25, -0.2) is 9.18 Å². The summed E-state index contributed by atoms with van der Waals surface area (Å²) in [5.74, 6) is -2.99. The van der Waals surface area contributed by atoms with Crippen molar-refractivity contribution in [3.63, 3.8) is 0 Å². The van der Waals surface area contributed by atoms with Crippen molar-refractivity contribution in [3.05, 3.63) is 82.8 Å². The first-order valence-corrected chi connectivity index (χ1v) is 10.6. The van der Waals surface area contributed by atoms with E-state index in [9.17, 15) is 27.2 Å². The van der Waals surface area contributed by atoms with E-state index in [1.54, 1.807) is 13.0 Å². The van der Waals surface area contributed by atoms with Crippen molar-refractivity contribution in [1.29, 1.82) is 0 Å². The van der Waals surface area contributed by atoms with Crippen LogP contribution in [0.4, 0.5) is 17.6 Å². The third kappa shape index (κ3) is 3.48. The molecule has 0 spiro atoms. The summed E-state index contributed by atoms with van der Waals surface area (Å²) in [4.78, 5) is 29.1. The lowest BCUT2D eigenvalue weighted by molar-refractivity contribution is -0.160. The third-order valence-corrected chi connectivity index (χ3v) is 6.40. The fraction of sp³-hybridized carbons (Fsp3) is 0.200. The first-order valence-electron chi connectivity index (χ1n) is 10.6. The number of carboxylic acids is 1. The van der Waals surface area contributed by atoms with Crippen LogP contribution in [0.15, 0.2) is 54.7 Å². The molecular formula is C25H17F4N3O3. The first kappa shape index (κ1) is 22.7. The van der Waals surface area contributed by atoms with Gasteiger partial charge in [-0.05, 0) is 61.2 Å². The zero-order valence-electron chi connectivity index (χ0n) is 18.2. The molecule has 2 aromatic carbocycles. The molecule has 0 atom stereocenters. The van der Waals surface area contributed by atoms with Crippen LogP contribution in [0.2, 0.25) is 0 Å². The predicted octanol–water partition coefficient (Wildman–Crippen LogP) is 5.53. The molecule has 178 valence electrons. The summed E-state index contributed by atoms with van der Waals surface area (Å²) in [6.45, 7) is 1.55. The van der Waals surface area contributed by atoms with Gasteiger partial charge in [-0.3, -0.25) is 9.78 Å². The van der Waals surface area contributed by atoms with Gasteiger partial charge in [0.2, 0.25) is 0 Å². The molecule has 5 rings (SSSR count). The van der Waals surface area contributed by atoms with Gasteiger partial charge in [-0.1, -0.05) is 18.2 Å². The van der Waals surface area contributed by atoms with E-state index in [0.29, 0.717) is 5.56 Å². The molecule has 0 radical (unpaired) electrons. The zero-order valence-corrected chi connectivity index (χ0v) is 18.2. The SMILES string of the molecule is Cc1cccc(C2(C(F)(F)F)CC2)c1C(=O)n1nc(-c2ccc(C(=O)O)cc2F)c2ncccc21. The molecule has 4 aromatic rings. The molecule has 1 N–H and O–H groups in total. The van der Waals surface area contributed by atoms with Crippen molar-refractivity contribution >= 4 is 22.9 Å². The molecule has 1 aliphatic rings. The summed E-state index contributed by atoms with van der Waals surface area (Å²) in [6.07, 6.45) is -3.35. The summed E-state index contributed by atoms with van der Waals surface area (Å²) in [5, 5.41) is 13.4. The van der Waals surface area contributed by atoms with Gasteiger partial charge < -0.3 is 5.11 Å². The van der Waals surface area contributed by atoms with Gasteiger partial charge in [0.1, 0.15) is 17.0 Å². The lowest BCUT2D eigenvalue weighted by atomic mass is 9.88. The van der Waals surface area contributed by atoms with Gasteiger partial charge >= 0.3 is 12.1 Å². The molecule has 0 amide bonds. The smallest absolute Gasteiger partial charge is 0.398 e. The van der Waals surface area contributed by atoms with Crippen molar-refractivity contribution in [2.45, 2.75) is 31.4 Å². The summed E-state index contributed by atoms with van der Waals surface area (Å²) in [5.41, 5.74) is -2.02. The van der Waals surface area contributed by atoms with Crippen LogP contribution < -0.4 is 0 Å². The Hall–Kier alpha value is -4.08. The Morgan fingerprint density at radius 1 is 1.09 bits per heavy atom. The molecule has 0 bridgehead atoms. The van der Waals surface area contributed by atoms with Gasteiger partial charge in [0.25, 0.3) is 5.91 Å². The average molecular weight is 483 g/mol. The second-order valence-corrected chi connectivity index (χ2v) is 8.51. The van der Waals surface area contributed by atoms with Gasteiger partial charge in [0, 0.05) is 17.3 Å². The number of carbonyl (C=O) groups excluding carboxylic acids is 1. The van der Waals surface area contributed by atoms with Gasteiger partial charge in [-0.15, -0.1) is 0 Å². The number of aromatic carboxylic acids is 1. The fourth-order valence-electron chi connectivity index (χ4n) is 4.41. The maximum Gasteiger partial charge on any atom is 0.398 e. The average Bonchev–Trinajstić information content (AvgIpc) is 3.55. The topological polar surface area (TPSA) is 85.1 Å². The highest BCUT2D eigenvalue weighted by atomic mass is 19.4. The number of alkyl halides is 3. The van der Waals surface area contributed by atoms with E-state index in [1.165, 1.54) is 42.6 Å². The van der Waals surface area contributed by atoms with E-state index in [2.05, 4.69) is 10.1 Å². The number of carbonyl (C=O) groups is 2. The van der Waals surface area contributed by atoms with Crippen LogP contribution in [0.5, 0.6) is 0 Å². The Kier molecular flexibility index (Phi) is 5.01. The zero-order chi connectivity index (χ0) is 25.1. The molecule has 0 unspecified atom stereocenters. The third-order valence-electron chi connectivity index (χ3n) is 6.40. The number of benzene rings is 2. The Bertz CT molecular complexity index is 1520. The maximum absolute atomic E-state index is 14.8. The van der Waals surface area contributed by atoms with Gasteiger partial charge in [0.15, 0.2) is 0 Å². The van der Waals surface area contributed by atoms with Crippen LogP contribution in [0, 0.1) is 12.7 Å². The highest BCUT2D eigenvalue weighted by Gasteiger charge is 2.65. The van der Waals surface area contributed by atoms with Crippen LogP contribution in [0.25, 0.3) is 22.3 Å². The number of hydrogen-bond donors (Lipinski definition) is 1. The van der Waals surface area contributed by atoms with E-state index < -0.39 is 29.3 Å². The molecule has 1 saturated carbocycles. The molecular weight excluding hydrogens is 466 g/mol. The standard InChI is InChI=1S/C25H17F4N3O3/c1-13-4-2-5-16(24(9-10-24)25(27,28)29)19(13)22(33)32-18-6-3-11-30-21(18)20(31-32)15-8-7-14(23(34)35)12-17(15)26/h2-8,11-12H,9-10H2,1H3,(H,34,35). The number of fused-ring (bicyclic) bond motifs is 1. The minimum atomic E-state index is -4.52. The summed E-state index contributed by atoms with van der Waals surface area (Å²) >= 11 is 0. The summed E-state index contributed by atoms with van der Waals surface area (Å²) < 4.78 is 57.6. The predicted molar refractivity (Wildman–Crippen MR) is 118 cm³/mol. The normalized spacial score (nSPS) is 14.8. The molecule has 2 aromatic heterocycles. The number of aromatic nitrogens is 3. The molecule has 35 heavy (non-hydrogen) atoms. The van der Waals surface area contributed by atoms with Crippen molar-refractivity contribution in [3.8, 4) is 11.3 Å². The summed E-state index contributed by atoms with van der Waals surface area (Å²) in [6, 6.07) is 10.6. The molecule has 10 heteroatoms. The maximum atomic E-state index is 14.8.